The fourth-order valence-electron chi connectivity index (χ4n) is 4.01. The second-order valence-electron chi connectivity index (χ2n) is 7.94. The van der Waals surface area contributed by atoms with E-state index in [1.165, 1.54) is 11.3 Å². The van der Waals surface area contributed by atoms with Crippen LogP contribution in [0.4, 0.5) is 4.79 Å². The number of rotatable bonds is 6. The summed E-state index contributed by atoms with van der Waals surface area (Å²) >= 11 is 1.52. The monoisotopic (exact) mass is 463 g/mol. The van der Waals surface area contributed by atoms with E-state index in [0.717, 1.165) is 15.3 Å². The first-order valence-corrected chi connectivity index (χ1v) is 11.3. The number of hydrogen-bond donors (Lipinski definition) is 2. The average molecular weight is 464 g/mol. The number of thiophene rings is 1. The average Bonchev–Trinajstić information content (AvgIpc) is 3.56. The molecule has 2 aliphatic heterocycles. The van der Waals surface area contributed by atoms with E-state index in [9.17, 15) is 14.4 Å². The van der Waals surface area contributed by atoms with Crippen LogP contribution in [0.25, 0.3) is 0 Å². The Bertz CT molecular complexity index is 1210. The molecular formula is C24H21N3O5S. The minimum atomic E-state index is -1.31. The molecule has 3 aromatic rings. The van der Waals surface area contributed by atoms with Crippen LogP contribution in [0.15, 0.2) is 66.0 Å². The van der Waals surface area contributed by atoms with E-state index in [2.05, 4.69) is 10.6 Å². The lowest BCUT2D eigenvalue weighted by atomic mass is 9.91. The summed E-state index contributed by atoms with van der Waals surface area (Å²) in [5.41, 5.74) is 0.148. The van der Waals surface area contributed by atoms with E-state index < -0.39 is 23.4 Å². The highest BCUT2D eigenvalue weighted by molar-refractivity contribution is 7.10. The first-order chi connectivity index (χ1) is 16.0. The molecule has 9 heteroatoms. The molecule has 0 spiro atoms. The van der Waals surface area contributed by atoms with Crippen LogP contribution in [-0.2, 0) is 15.1 Å². The van der Waals surface area contributed by atoms with Crippen molar-refractivity contribution in [2.24, 2.45) is 0 Å². The summed E-state index contributed by atoms with van der Waals surface area (Å²) in [4.78, 5) is 40.8. The fourth-order valence-corrected chi connectivity index (χ4v) is 4.82. The van der Waals surface area contributed by atoms with Gasteiger partial charge in [-0.05, 0) is 41.6 Å². The molecule has 8 nitrogen and oxygen atoms in total. The molecule has 33 heavy (non-hydrogen) atoms. The van der Waals surface area contributed by atoms with Crippen molar-refractivity contribution >= 4 is 29.2 Å². The van der Waals surface area contributed by atoms with E-state index in [4.69, 9.17) is 9.47 Å². The van der Waals surface area contributed by atoms with Gasteiger partial charge >= 0.3 is 6.03 Å². The largest absolute Gasteiger partial charge is 0.454 e. The van der Waals surface area contributed by atoms with Crippen LogP contribution < -0.4 is 20.1 Å². The van der Waals surface area contributed by atoms with Crippen molar-refractivity contribution < 1.29 is 23.9 Å². The first-order valence-electron chi connectivity index (χ1n) is 10.4. The molecule has 2 N–H and O–H groups in total. The van der Waals surface area contributed by atoms with Crippen LogP contribution in [0.3, 0.4) is 0 Å². The number of urea groups is 1. The molecule has 0 aliphatic carbocycles. The minimum absolute atomic E-state index is 0.106. The van der Waals surface area contributed by atoms with Gasteiger partial charge in [-0.25, -0.2) is 4.79 Å². The number of imide groups is 1. The second-order valence-corrected chi connectivity index (χ2v) is 8.92. The molecule has 4 amide bonds. The molecule has 0 saturated carbocycles. The number of amides is 4. The molecule has 2 atom stereocenters. The van der Waals surface area contributed by atoms with Crippen LogP contribution in [0.5, 0.6) is 11.5 Å². The molecule has 1 aromatic heterocycles. The fraction of sp³-hybridized carbons (Fsp3) is 0.208. The van der Waals surface area contributed by atoms with Gasteiger partial charge in [-0.2, -0.15) is 0 Å². The van der Waals surface area contributed by atoms with Gasteiger partial charge in [-0.15, -0.1) is 11.3 Å². The maximum Gasteiger partial charge on any atom is 0.325 e. The SMILES string of the molecule is C[C@@]1(c2ccc3c(c2)OCO3)NC(=O)N(CC(=O)N[C@H](c2ccccc2)c2cccs2)C1=O. The lowest BCUT2D eigenvalue weighted by molar-refractivity contribution is -0.135. The molecule has 1 fully saturated rings. The Morgan fingerprint density at radius 3 is 2.67 bits per heavy atom. The molecule has 0 unspecified atom stereocenters. The lowest BCUT2D eigenvalue weighted by Gasteiger charge is -2.23. The van der Waals surface area contributed by atoms with E-state index in [0.29, 0.717) is 17.1 Å². The van der Waals surface area contributed by atoms with Gasteiger partial charge in [0.2, 0.25) is 12.7 Å². The number of benzene rings is 2. The van der Waals surface area contributed by atoms with Gasteiger partial charge in [0.25, 0.3) is 5.91 Å². The lowest BCUT2D eigenvalue weighted by Crippen LogP contribution is -2.44. The van der Waals surface area contributed by atoms with E-state index in [1.807, 2.05) is 47.8 Å². The summed E-state index contributed by atoms with van der Waals surface area (Å²) in [6.07, 6.45) is 0. The zero-order chi connectivity index (χ0) is 23.0. The van der Waals surface area contributed by atoms with Crippen LogP contribution in [-0.4, -0.2) is 36.1 Å². The van der Waals surface area contributed by atoms with Crippen molar-refractivity contribution in [2.75, 3.05) is 13.3 Å². The number of carbonyl (C=O) groups is 3. The predicted octanol–water partition coefficient (Wildman–Crippen LogP) is 3.15. The number of nitrogens with zero attached hydrogens (tertiary/aromatic N) is 1. The molecule has 0 bridgehead atoms. The van der Waals surface area contributed by atoms with Crippen molar-refractivity contribution in [1.29, 1.82) is 0 Å². The quantitative estimate of drug-likeness (QED) is 0.548. The Hall–Kier alpha value is -3.85. The number of hydrogen-bond acceptors (Lipinski definition) is 6. The van der Waals surface area contributed by atoms with Crippen LogP contribution in [0.2, 0.25) is 0 Å². The maximum absolute atomic E-state index is 13.3. The molecule has 2 aromatic carbocycles. The van der Waals surface area contributed by atoms with Crippen molar-refractivity contribution in [1.82, 2.24) is 15.5 Å². The highest BCUT2D eigenvalue weighted by atomic mass is 32.1. The highest BCUT2D eigenvalue weighted by Gasteiger charge is 2.50. The summed E-state index contributed by atoms with van der Waals surface area (Å²) in [6.45, 7) is 1.33. The van der Waals surface area contributed by atoms with Gasteiger partial charge < -0.3 is 20.1 Å². The third-order valence-electron chi connectivity index (χ3n) is 5.79. The summed E-state index contributed by atoms with van der Waals surface area (Å²) < 4.78 is 10.7. The number of ether oxygens (including phenoxy) is 2. The van der Waals surface area contributed by atoms with Crippen molar-refractivity contribution in [2.45, 2.75) is 18.5 Å². The Morgan fingerprint density at radius 2 is 1.91 bits per heavy atom. The van der Waals surface area contributed by atoms with E-state index in [1.54, 1.807) is 25.1 Å². The second kappa shape index (κ2) is 8.25. The highest BCUT2D eigenvalue weighted by Crippen LogP contribution is 2.37. The smallest absolute Gasteiger partial charge is 0.325 e. The number of carbonyl (C=O) groups excluding carboxylic acids is 3. The first kappa shape index (κ1) is 21.0. The van der Waals surface area contributed by atoms with Crippen molar-refractivity contribution in [3.63, 3.8) is 0 Å². The Morgan fingerprint density at radius 1 is 1.12 bits per heavy atom. The summed E-state index contributed by atoms with van der Waals surface area (Å²) in [7, 11) is 0. The van der Waals surface area contributed by atoms with E-state index in [-0.39, 0.29) is 19.4 Å². The maximum atomic E-state index is 13.3. The molecule has 2 aliphatic rings. The Balaban J connectivity index is 1.34. The molecule has 1 saturated heterocycles. The van der Waals surface area contributed by atoms with Crippen LogP contribution in [0, 0.1) is 0 Å². The molecular weight excluding hydrogens is 442 g/mol. The number of nitrogens with one attached hydrogen (secondary N) is 2. The molecule has 0 radical (unpaired) electrons. The van der Waals surface area contributed by atoms with Crippen molar-refractivity contribution in [3.8, 4) is 11.5 Å². The normalized spacial score (nSPS) is 20.0. The van der Waals surface area contributed by atoms with Gasteiger partial charge in [-0.1, -0.05) is 42.5 Å². The zero-order valence-corrected chi connectivity index (χ0v) is 18.6. The summed E-state index contributed by atoms with van der Waals surface area (Å²) in [5, 5.41) is 7.62. The minimum Gasteiger partial charge on any atom is -0.454 e. The van der Waals surface area contributed by atoms with Gasteiger partial charge in [0.15, 0.2) is 11.5 Å². The van der Waals surface area contributed by atoms with Gasteiger partial charge in [0.05, 0.1) is 6.04 Å². The molecule has 3 heterocycles. The summed E-state index contributed by atoms with van der Waals surface area (Å²) in [5.74, 6) is 0.147. The van der Waals surface area contributed by atoms with Gasteiger partial charge in [0, 0.05) is 4.88 Å². The zero-order valence-electron chi connectivity index (χ0n) is 17.7. The third-order valence-corrected chi connectivity index (χ3v) is 6.73. The predicted molar refractivity (Wildman–Crippen MR) is 121 cm³/mol. The molecule has 168 valence electrons. The number of fused-ring (bicyclic) bond motifs is 1. The van der Waals surface area contributed by atoms with Gasteiger partial charge in [-0.3, -0.25) is 14.5 Å². The van der Waals surface area contributed by atoms with E-state index >= 15 is 0 Å². The Labute approximate surface area is 194 Å². The van der Waals surface area contributed by atoms with Crippen LogP contribution >= 0.6 is 11.3 Å². The molecule has 5 rings (SSSR count). The summed E-state index contributed by atoms with van der Waals surface area (Å²) in [6, 6.07) is 17.5. The topological polar surface area (TPSA) is 97.0 Å². The van der Waals surface area contributed by atoms with Gasteiger partial charge in [0.1, 0.15) is 12.1 Å². The standard InChI is InChI=1S/C24H21N3O5S/c1-24(16-9-10-17-18(12-16)32-14-31-17)22(29)27(23(30)26-24)13-20(28)25-21(19-8-5-11-33-19)15-6-3-2-4-7-15/h2-12,21H,13-14H2,1H3,(H,25,28)(H,26,30)/t21-,24+/m1/s1. The Kier molecular flexibility index (Phi) is 5.26. The van der Waals surface area contributed by atoms with Crippen molar-refractivity contribution in [3.05, 3.63) is 82.0 Å². The third kappa shape index (κ3) is 3.80. The van der Waals surface area contributed by atoms with Crippen LogP contribution in [0.1, 0.15) is 29.0 Å².